The summed E-state index contributed by atoms with van der Waals surface area (Å²) in [6.45, 7) is 2.62. The molecule has 1 atom stereocenters. The summed E-state index contributed by atoms with van der Waals surface area (Å²) in [6, 6.07) is 13.3. The average Bonchev–Trinajstić information content (AvgIpc) is 3.36. The van der Waals surface area contributed by atoms with Gasteiger partial charge >= 0.3 is 12.1 Å². The Hall–Kier alpha value is -4.45. The number of ketones is 1. The highest BCUT2D eigenvalue weighted by atomic mass is 16.5. The number of benzene rings is 2. The number of carbonyl (C=O) groups is 3. The lowest BCUT2D eigenvalue weighted by atomic mass is 10.0. The minimum atomic E-state index is -1.95. The zero-order valence-electron chi connectivity index (χ0n) is 19.0. The van der Waals surface area contributed by atoms with E-state index in [1.165, 1.54) is 6.21 Å². The molecule has 1 amide bonds. The Bertz CT molecular complexity index is 1130. The predicted molar refractivity (Wildman–Crippen MR) is 127 cm³/mol. The molecule has 0 saturated carbocycles. The molecule has 0 radical (unpaired) electrons. The van der Waals surface area contributed by atoms with Crippen LogP contribution in [0.1, 0.15) is 28.4 Å². The second-order valence-corrected chi connectivity index (χ2v) is 7.62. The molecule has 0 bridgehead atoms. The lowest BCUT2D eigenvalue weighted by Crippen LogP contribution is -2.59. The Labute approximate surface area is 201 Å². The summed E-state index contributed by atoms with van der Waals surface area (Å²) < 4.78 is 10.7. The van der Waals surface area contributed by atoms with Gasteiger partial charge in [-0.05, 0) is 24.6 Å². The first-order valence-corrected chi connectivity index (χ1v) is 10.6. The van der Waals surface area contributed by atoms with Crippen molar-refractivity contribution in [2.24, 2.45) is 15.8 Å². The van der Waals surface area contributed by atoms with Crippen LogP contribution < -0.4 is 26.5 Å². The normalized spacial score (nSPS) is 14.4. The number of hydrogen-bond donors (Lipinski definition) is 5. The molecule has 184 valence electrons. The van der Waals surface area contributed by atoms with E-state index < -0.39 is 17.7 Å². The Balaban J connectivity index is 1.55. The standard InChI is InChI=1S/C23H26N6O6/c1-23(24,20(31)32)28-22(33)35-14-15-6-8-16(9-7-15)19(30)17-4-2-3-5-18(17)34-13-12-27-29-21-25-10-11-26-21/h2-9,12H,10-11,13-14,24H2,1H3,(H,28,33)(H,31,32)(H2,25,26,29)/t23-/m0/s1. The molecule has 1 aliphatic heterocycles. The van der Waals surface area contributed by atoms with Gasteiger partial charge in [-0.25, -0.2) is 20.0 Å². The molecule has 1 heterocycles. The Morgan fingerprint density at radius 1 is 1.23 bits per heavy atom. The molecular formula is C23H26N6O6. The minimum absolute atomic E-state index is 0.134. The van der Waals surface area contributed by atoms with E-state index in [4.69, 9.17) is 20.3 Å². The molecule has 35 heavy (non-hydrogen) atoms. The molecule has 0 aliphatic carbocycles. The van der Waals surface area contributed by atoms with Gasteiger partial charge in [0.2, 0.25) is 5.96 Å². The maximum atomic E-state index is 13.0. The van der Waals surface area contributed by atoms with Crippen LogP contribution in [0.4, 0.5) is 4.79 Å². The van der Waals surface area contributed by atoms with Gasteiger partial charge in [0, 0.05) is 12.1 Å². The van der Waals surface area contributed by atoms with Crippen LogP contribution in [0.2, 0.25) is 0 Å². The van der Waals surface area contributed by atoms with Gasteiger partial charge in [-0.15, -0.1) is 0 Å². The number of carboxylic acid groups (broad SMARTS) is 1. The molecule has 0 aromatic heterocycles. The molecule has 6 N–H and O–H groups in total. The van der Waals surface area contributed by atoms with Gasteiger partial charge in [-0.3, -0.25) is 15.8 Å². The molecule has 1 aliphatic rings. The first-order chi connectivity index (χ1) is 16.8. The van der Waals surface area contributed by atoms with Crippen molar-refractivity contribution in [2.75, 3.05) is 19.7 Å². The fourth-order valence-corrected chi connectivity index (χ4v) is 2.88. The second kappa shape index (κ2) is 11.6. The van der Waals surface area contributed by atoms with Gasteiger partial charge in [0.15, 0.2) is 11.4 Å². The monoisotopic (exact) mass is 482 g/mol. The van der Waals surface area contributed by atoms with Crippen molar-refractivity contribution in [3.05, 3.63) is 65.2 Å². The smallest absolute Gasteiger partial charge is 0.409 e. The van der Waals surface area contributed by atoms with Crippen molar-refractivity contribution in [2.45, 2.75) is 19.2 Å². The average molecular weight is 482 g/mol. The Morgan fingerprint density at radius 3 is 2.66 bits per heavy atom. The summed E-state index contributed by atoms with van der Waals surface area (Å²) in [5.74, 6) is -0.635. The number of hydrogen-bond acceptors (Lipinski definition) is 10. The number of nitrogens with zero attached hydrogens (tertiary/aromatic N) is 2. The van der Waals surface area contributed by atoms with E-state index in [-0.39, 0.29) is 19.0 Å². The Morgan fingerprint density at radius 2 is 1.97 bits per heavy atom. The fourth-order valence-electron chi connectivity index (χ4n) is 2.88. The summed E-state index contributed by atoms with van der Waals surface area (Å²) in [4.78, 5) is 39.9. The zero-order valence-corrected chi connectivity index (χ0v) is 19.0. The highest BCUT2D eigenvalue weighted by Crippen LogP contribution is 2.22. The number of nitrogens with one attached hydrogen (secondary N) is 3. The van der Waals surface area contributed by atoms with E-state index in [9.17, 15) is 14.4 Å². The first kappa shape index (κ1) is 25.2. The van der Waals surface area contributed by atoms with Gasteiger partial charge in [-0.1, -0.05) is 36.4 Å². The van der Waals surface area contributed by atoms with Crippen LogP contribution in [0, 0.1) is 0 Å². The van der Waals surface area contributed by atoms with E-state index in [1.807, 2.05) is 5.32 Å². The third kappa shape index (κ3) is 7.27. The van der Waals surface area contributed by atoms with Crippen LogP contribution in [-0.2, 0) is 16.1 Å². The van der Waals surface area contributed by atoms with E-state index in [1.54, 1.807) is 48.5 Å². The molecule has 2 aromatic rings. The molecule has 0 unspecified atom stereocenters. The van der Waals surface area contributed by atoms with Gasteiger partial charge < -0.3 is 19.9 Å². The van der Waals surface area contributed by atoms with Crippen LogP contribution in [0.5, 0.6) is 5.75 Å². The molecule has 2 aromatic carbocycles. The van der Waals surface area contributed by atoms with Crippen LogP contribution in [0.15, 0.2) is 58.6 Å². The summed E-state index contributed by atoms with van der Waals surface area (Å²) in [5, 5.41) is 18.0. The number of hydrazone groups is 1. The third-order valence-corrected chi connectivity index (χ3v) is 4.77. The van der Waals surface area contributed by atoms with Crippen molar-refractivity contribution in [1.29, 1.82) is 0 Å². The largest absolute Gasteiger partial charge is 0.487 e. The molecular weight excluding hydrogens is 456 g/mol. The number of rotatable bonds is 10. The number of carboxylic acids is 1. The fraction of sp³-hybridized carbons (Fsp3) is 0.261. The number of nitrogens with two attached hydrogens (primary N) is 1. The van der Waals surface area contributed by atoms with Gasteiger partial charge in [0.25, 0.3) is 0 Å². The Kier molecular flexibility index (Phi) is 8.35. The predicted octanol–water partition coefficient (Wildman–Crippen LogP) is 0.817. The van der Waals surface area contributed by atoms with Gasteiger partial charge in [-0.2, -0.15) is 5.10 Å². The number of carbonyl (C=O) groups excluding carboxylic acids is 2. The summed E-state index contributed by atoms with van der Waals surface area (Å²) in [5.41, 5.74) is 7.65. The van der Waals surface area contributed by atoms with Crippen molar-refractivity contribution >= 4 is 30.0 Å². The number of para-hydroxylation sites is 1. The van der Waals surface area contributed by atoms with E-state index in [2.05, 4.69) is 20.8 Å². The van der Waals surface area contributed by atoms with E-state index in [0.717, 1.165) is 13.5 Å². The van der Waals surface area contributed by atoms with Crippen molar-refractivity contribution in [3.63, 3.8) is 0 Å². The van der Waals surface area contributed by atoms with Crippen LogP contribution in [0.3, 0.4) is 0 Å². The third-order valence-electron chi connectivity index (χ3n) is 4.77. The zero-order chi connectivity index (χ0) is 25.3. The van der Waals surface area contributed by atoms with Crippen molar-refractivity contribution in [3.8, 4) is 5.75 Å². The molecule has 0 saturated heterocycles. The highest BCUT2D eigenvalue weighted by molar-refractivity contribution is 6.10. The summed E-state index contributed by atoms with van der Waals surface area (Å²) in [6.07, 6.45) is 0.549. The SMILES string of the molecule is C[C@](N)(NC(=O)OCc1ccc(C(=O)c2ccccc2OCC=NNC2=NCCN2)cc1)C(=O)O. The highest BCUT2D eigenvalue weighted by Gasteiger charge is 2.30. The summed E-state index contributed by atoms with van der Waals surface area (Å²) >= 11 is 0. The van der Waals surface area contributed by atoms with Crippen LogP contribution in [0.25, 0.3) is 0 Å². The first-order valence-electron chi connectivity index (χ1n) is 10.6. The van der Waals surface area contributed by atoms with E-state index >= 15 is 0 Å². The second-order valence-electron chi connectivity index (χ2n) is 7.62. The maximum Gasteiger partial charge on any atom is 0.409 e. The van der Waals surface area contributed by atoms with Gasteiger partial charge in [0.05, 0.1) is 18.3 Å². The number of aliphatic imine (C=N–C) groups is 1. The minimum Gasteiger partial charge on any atom is -0.487 e. The number of ether oxygens (including phenoxy) is 2. The van der Waals surface area contributed by atoms with Crippen molar-refractivity contribution < 1.29 is 29.0 Å². The lowest BCUT2D eigenvalue weighted by Gasteiger charge is -2.20. The topological polar surface area (TPSA) is 177 Å². The number of aliphatic carboxylic acids is 1. The van der Waals surface area contributed by atoms with Gasteiger partial charge in [0.1, 0.15) is 19.0 Å². The molecule has 12 nitrogen and oxygen atoms in total. The molecule has 0 spiro atoms. The molecule has 12 heteroatoms. The molecule has 0 fully saturated rings. The van der Waals surface area contributed by atoms with Crippen LogP contribution in [-0.4, -0.2) is 60.5 Å². The number of guanidine groups is 1. The summed E-state index contributed by atoms with van der Waals surface area (Å²) in [7, 11) is 0. The molecule has 3 rings (SSSR count). The quantitative estimate of drug-likeness (QED) is 0.142. The number of alkyl carbamates (subject to hydrolysis) is 1. The van der Waals surface area contributed by atoms with E-state index in [0.29, 0.717) is 34.9 Å². The lowest BCUT2D eigenvalue weighted by molar-refractivity contribution is -0.143. The van der Waals surface area contributed by atoms with Crippen LogP contribution >= 0.6 is 0 Å². The van der Waals surface area contributed by atoms with Crippen molar-refractivity contribution in [1.82, 2.24) is 16.1 Å². The maximum absolute atomic E-state index is 13.0. The number of amides is 1.